The SMILES string of the molecule is O=C(Nc1ccc(C(=O)/C=C/c2ccc(OCc3ccccc3)cc2)cc1)/C(=C/c1ccc(OCc2ccccc2)cc1)NC(=O)c1ccccc1. The molecule has 0 aromatic heterocycles. The van der Waals surface area contributed by atoms with Crippen molar-refractivity contribution in [1.82, 2.24) is 5.32 Å². The Morgan fingerprint density at radius 3 is 1.56 bits per heavy atom. The molecular weight excluding hydrogens is 649 g/mol. The summed E-state index contributed by atoms with van der Waals surface area (Å²) in [5.41, 5.74) is 5.06. The van der Waals surface area contributed by atoms with Crippen molar-refractivity contribution < 1.29 is 23.9 Å². The van der Waals surface area contributed by atoms with Crippen LogP contribution in [0, 0.1) is 0 Å². The summed E-state index contributed by atoms with van der Waals surface area (Å²) in [6.45, 7) is 0.904. The van der Waals surface area contributed by atoms with Gasteiger partial charge in [-0.05, 0) is 95.1 Å². The van der Waals surface area contributed by atoms with Crippen LogP contribution in [-0.2, 0) is 18.0 Å². The second kappa shape index (κ2) is 17.6. The summed E-state index contributed by atoms with van der Waals surface area (Å²) >= 11 is 0. The summed E-state index contributed by atoms with van der Waals surface area (Å²) in [7, 11) is 0. The summed E-state index contributed by atoms with van der Waals surface area (Å²) in [4.78, 5) is 39.5. The second-order valence-electron chi connectivity index (χ2n) is 11.8. The predicted molar refractivity (Wildman–Crippen MR) is 205 cm³/mol. The van der Waals surface area contributed by atoms with E-state index < -0.39 is 11.8 Å². The third-order valence-electron chi connectivity index (χ3n) is 7.95. The minimum absolute atomic E-state index is 0.0476. The van der Waals surface area contributed by atoms with Gasteiger partial charge in [0.1, 0.15) is 30.4 Å². The van der Waals surface area contributed by atoms with Crippen molar-refractivity contribution in [3.63, 3.8) is 0 Å². The van der Waals surface area contributed by atoms with Crippen LogP contribution in [0.15, 0.2) is 176 Å². The van der Waals surface area contributed by atoms with Gasteiger partial charge in [-0.15, -0.1) is 0 Å². The number of carbonyl (C=O) groups excluding carboxylic acids is 3. The van der Waals surface area contributed by atoms with E-state index in [1.54, 1.807) is 60.7 Å². The molecule has 0 saturated heterocycles. The molecule has 0 atom stereocenters. The van der Waals surface area contributed by atoms with Crippen LogP contribution in [0.25, 0.3) is 12.2 Å². The zero-order valence-electron chi connectivity index (χ0n) is 28.3. The Kier molecular flexibility index (Phi) is 11.8. The number of carbonyl (C=O) groups is 3. The Balaban J connectivity index is 1.08. The fourth-order valence-corrected chi connectivity index (χ4v) is 5.11. The van der Waals surface area contributed by atoms with Gasteiger partial charge >= 0.3 is 0 Å². The maximum Gasteiger partial charge on any atom is 0.272 e. The Labute approximate surface area is 302 Å². The maximum absolute atomic E-state index is 13.5. The number of hydrogen-bond donors (Lipinski definition) is 2. The number of ketones is 1. The topological polar surface area (TPSA) is 93.7 Å². The van der Waals surface area contributed by atoms with Crippen LogP contribution in [0.4, 0.5) is 5.69 Å². The Bertz CT molecular complexity index is 2140. The summed E-state index contributed by atoms with van der Waals surface area (Å²) in [5.74, 6) is 0.279. The summed E-state index contributed by atoms with van der Waals surface area (Å²) in [6.07, 6.45) is 4.85. The molecule has 0 aliphatic heterocycles. The van der Waals surface area contributed by atoms with Gasteiger partial charge in [0.15, 0.2) is 5.78 Å². The van der Waals surface area contributed by atoms with Crippen LogP contribution in [0.3, 0.4) is 0 Å². The van der Waals surface area contributed by atoms with Crippen molar-refractivity contribution in [3.05, 3.63) is 209 Å². The molecule has 0 bridgehead atoms. The number of allylic oxidation sites excluding steroid dienone is 1. The number of hydrogen-bond acceptors (Lipinski definition) is 5. The molecule has 0 fully saturated rings. The van der Waals surface area contributed by atoms with Crippen LogP contribution < -0.4 is 20.1 Å². The highest BCUT2D eigenvalue weighted by Gasteiger charge is 2.15. The maximum atomic E-state index is 13.5. The van der Waals surface area contributed by atoms with Gasteiger partial charge in [0.2, 0.25) is 0 Å². The Morgan fingerprint density at radius 2 is 1.02 bits per heavy atom. The Morgan fingerprint density at radius 1 is 0.519 bits per heavy atom. The van der Waals surface area contributed by atoms with Crippen molar-refractivity contribution in [2.24, 2.45) is 0 Å². The fourth-order valence-electron chi connectivity index (χ4n) is 5.11. The van der Waals surface area contributed by atoms with Crippen molar-refractivity contribution in [2.45, 2.75) is 13.2 Å². The van der Waals surface area contributed by atoms with E-state index in [0.717, 1.165) is 22.4 Å². The van der Waals surface area contributed by atoms with E-state index in [1.807, 2.05) is 115 Å². The number of rotatable bonds is 14. The third kappa shape index (κ3) is 10.3. The van der Waals surface area contributed by atoms with Gasteiger partial charge in [-0.2, -0.15) is 0 Å². The molecule has 0 spiro atoms. The molecule has 6 aromatic rings. The molecule has 2 N–H and O–H groups in total. The van der Waals surface area contributed by atoms with Crippen LogP contribution in [-0.4, -0.2) is 17.6 Å². The zero-order chi connectivity index (χ0) is 36.0. The molecule has 256 valence electrons. The monoisotopic (exact) mass is 684 g/mol. The first-order chi connectivity index (χ1) is 25.5. The average molecular weight is 685 g/mol. The minimum Gasteiger partial charge on any atom is -0.489 e. The second-order valence-corrected chi connectivity index (χ2v) is 11.8. The largest absolute Gasteiger partial charge is 0.489 e. The van der Waals surface area contributed by atoms with Gasteiger partial charge in [-0.25, -0.2) is 0 Å². The van der Waals surface area contributed by atoms with Crippen molar-refractivity contribution in [2.75, 3.05) is 5.32 Å². The van der Waals surface area contributed by atoms with Crippen molar-refractivity contribution >= 4 is 35.4 Å². The molecule has 7 nitrogen and oxygen atoms in total. The lowest BCUT2D eigenvalue weighted by Crippen LogP contribution is -2.30. The van der Waals surface area contributed by atoms with E-state index in [0.29, 0.717) is 41.3 Å². The highest BCUT2D eigenvalue weighted by molar-refractivity contribution is 6.11. The van der Waals surface area contributed by atoms with Gasteiger partial charge in [0.05, 0.1) is 0 Å². The van der Waals surface area contributed by atoms with Gasteiger partial charge in [0.25, 0.3) is 11.8 Å². The predicted octanol–water partition coefficient (Wildman–Crippen LogP) is 9.15. The Hall–Kier alpha value is -6.99. The smallest absolute Gasteiger partial charge is 0.272 e. The lowest BCUT2D eigenvalue weighted by molar-refractivity contribution is -0.113. The molecule has 52 heavy (non-hydrogen) atoms. The lowest BCUT2D eigenvalue weighted by atomic mass is 10.1. The van der Waals surface area contributed by atoms with E-state index in [-0.39, 0.29) is 11.5 Å². The molecule has 2 amide bonds. The lowest BCUT2D eigenvalue weighted by Gasteiger charge is -2.12. The van der Waals surface area contributed by atoms with Crippen LogP contribution in [0.5, 0.6) is 11.5 Å². The van der Waals surface area contributed by atoms with E-state index in [2.05, 4.69) is 10.6 Å². The fraction of sp³-hybridized carbons (Fsp3) is 0.0444. The highest BCUT2D eigenvalue weighted by atomic mass is 16.5. The number of nitrogens with one attached hydrogen (secondary N) is 2. The number of amides is 2. The quantitative estimate of drug-likeness (QED) is 0.0882. The van der Waals surface area contributed by atoms with Crippen LogP contribution >= 0.6 is 0 Å². The van der Waals surface area contributed by atoms with Gasteiger partial charge in [-0.3, -0.25) is 14.4 Å². The van der Waals surface area contributed by atoms with Crippen molar-refractivity contribution in [3.8, 4) is 11.5 Å². The number of ether oxygens (including phenoxy) is 2. The summed E-state index contributed by atoms with van der Waals surface area (Å²) in [6, 6.07) is 49.8. The highest BCUT2D eigenvalue weighted by Crippen LogP contribution is 2.19. The summed E-state index contributed by atoms with van der Waals surface area (Å²) < 4.78 is 11.7. The molecule has 6 aromatic carbocycles. The van der Waals surface area contributed by atoms with Gasteiger partial charge < -0.3 is 20.1 Å². The molecule has 6 rings (SSSR count). The standard InChI is InChI=1S/C45H36N2O5/c48-43(29-20-33-16-25-40(26-17-33)51-31-35-10-4-1-5-11-35)37-21-23-39(24-22-37)46-45(50)42(47-44(49)38-14-8-3-9-15-38)30-34-18-27-41(28-19-34)52-32-36-12-6-2-7-13-36/h1-30H,31-32H2,(H,46,50)(H,47,49)/b29-20+,42-30-. The van der Waals surface area contributed by atoms with Gasteiger partial charge in [0, 0.05) is 16.8 Å². The third-order valence-corrected chi connectivity index (χ3v) is 7.95. The van der Waals surface area contributed by atoms with Gasteiger partial charge in [-0.1, -0.05) is 109 Å². The molecule has 0 heterocycles. The molecule has 0 radical (unpaired) electrons. The van der Waals surface area contributed by atoms with E-state index in [9.17, 15) is 14.4 Å². The van der Waals surface area contributed by atoms with E-state index in [4.69, 9.17) is 9.47 Å². The van der Waals surface area contributed by atoms with Crippen LogP contribution in [0.1, 0.15) is 43.0 Å². The molecule has 0 aliphatic carbocycles. The molecule has 7 heteroatoms. The van der Waals surface area contributed by atoms with Crippen molar-refractivity contribution in [1.29, 1.82) is 0 Å². The first-order valence-corrected chi connectivity index (χ1v) is 16.7. The summed E-state index contributed by atoms with van der Waals surface area (Å²) in [5, 5.41) is 5.58. The molecule has 0 saturated carbocycles. The molecule has 0 aliphatic rings. The number of anilines is 1. The van der Waals surface area contributed by atoms with E-state index in [1.165, 1.54) is 6.08 Å². The number of benzene rings is 6. The van der Waals surface area contributed by atoms with E-state index >= 15 is 0 Å². The normalized spacial score (nSPS) is 11.1. The molecular formula is C45H36N2O5. The zero-order valence-corrected chi connectivity index (χ0v) is 28.3. The van der Waals surface area contributed by atoms with Crippen LogP contribution in [0.2, 0.25) is 0 Å². The minimum atomic E-state index is -0.524. The molecule has 0 unspecified atom stereocenters. The average Bonchev–Trinajstić information content (AvgIpc) is 3.20. The first-order valence-electron chi connectivity index (χ1n) is 16.7. The first kappa shape index (κ1) is 34.9.